The summed E-state index contributed by atoms with van der Waals surface area (Å²) >= 11 is 2.24. The zero-order chi connectivity index (χ0) is 14.6. The predicted octanol–water partition coefficient (Wildman–Crippen LogP) is 2.28. The van der Waals surface area contributed by atoms with Gasteiger partial charge in [0.2, 0.25) is 5.91 Å². The lowest BCUT2D eigenvalue weighted by atomic mass is 10.1. The highest BCUT2D eigenvalue weighted by Crippen LogP contribution is 2.22. The molecule has 1 aromatic carbocycles. The van der Waals surface area contributed by atoms with Gasteiger partial charge in [-0.3, -0.25) is 4.79 Å². The van der Waals surface area contributed by atoms with E-state index in [0.717, 1.165) is 14.8 Å². The molecule has 5 nitrogen and oxygen atoms in total. The van der Waals surface area contributed by atoms with Crippen LogP contribution in [0.1, 0.15) is 25.8 Å². The van der Waals surface area contributed by atoms with Crippen molar-refractivity contribution in [2.75, 3.05) is 13.2 Å². The first-order valence-electron chi connectivity index (χ1n) is 6.35. The molecule has 1 amide bonds. The van der Waals surface area contributed by atoms with Crippen molar-refractivity contribution in [1.29, 1.82) is 0 Å². The SMILES string of the molecule is C/C(=N/NC(=O)CC1(C)OCCO1)c1ccc(I)cc1. The fraction of sp³-hybridized carbons (Fsp3) is 0.429. The molecule has 1 N–H and O–H groups in total. The van der Waals surface area contributed by atoms with Crippen LogP contribution in [0.5, 0.6) is 0 Å². The number of halogens is 1. The van der Waals surface area contributed by atoms with E-state index in [1.807, 2.05) is 31.2 Å². The van der Waals surface area contributed by atoms with Gasteiger partial charge in [0.25, 0.3) is 0 Å². The first kappa shape index (κ1) is 15.4. The molecular formula is C14H17IN2O3. The van der Waals surface area contributed by atoms with E-state index in [0.29, 0.717) is 13.2 Å². The number of carbonyl (C=O) groups excluding carboxylic acids is 1. The van der Waals surface area contributed by atoms with Crippen LogP contribution in [0.4, 0.5) is 0 Å². The van der Waals surface area contributed by atoms with Gasteiger partial charge in [-0.1, -0.05) is 12.1 Å². The average molecular weight is 388 g/mol. The maximum atomic E-state index is 11.8. The van der Waals surface area contributed by atoms with Crippen LogP contribution >= 0.6 is 22.6 Å². The van der Waals surface area contributed by atoms with Crippen molar-refractivity contribution in [3.8, 4) is 0 Å². The van der Waals surface area contributed by atoms with Gasteiger partial charge in [0, 0.05) is 3.57 Å². The first-order chi connectivity index (χ1) is 9.48. The van der Waals surface area contributed by atoms with Crippen LogP contribution in [0, 0.1) is 3.57 Å². The van der Waals surface area contributed by atoms with Crippen molar-refractivity contribution in [2.45, 2.75) is 26.1 Å². The largest absolute Gasteiger partial charge is 0.347 e. The van der Waals surface area contributed by atoms with E-state index >= 15 is 0 Å². The molecular weight excluding hydrogens is 371 g/mol. The molecule has 1 aliphatic rings. The van der Waals surface area contributed by atoms with Crippen LogP contribution in [0.2, 0.25) is 0 Å². The molecule has 0 saturated carbocycles. The Bertz CT molecular complexity index is 508. The van der Waals surface area contributed by atoms with Gasteiger partial charge in [-0.15, -0.1) is 0 Å². The molecule has 0 bridgehead atoms. The number of carbonyl (C=O) groups is 1. The standard InChI is InChI=1S/C14H17IN2O3/c1-10(11-3-5-12(15)6-4-11)16-17-13(18)9-14(2)19-7-8-20-14/h3-6H,7-9H2,1-2H3,(H,17,18)/b16-10-. The summed E-state index contributed by atoms with van der Waals surface area (Å²) in [5, 5.41) is 4.10. The van der Waals surface area contributed by atoms with Crippen LogP contribution in [-0.2, 0) is 14.3 Å². The maximum Gasteiger partial charge on any atom is 0.245 e. The minimum atomic E-state index is -0.823. The van der Waals surface area contributed by atoms with Crippen LogP contribution in [0.3, 0.4) is 0 Å². The number of ether oxygens (including phenoxy) is 2. The lowest BCUT2D eigenvalue weighted by molar-refractivity contribution is -0.159. The minimum absolute atomic E-state index is 0.135. The number of nitrogens with zero attached hydrogens (tertiary/aromatic N) is 1. The molecule has 1 aromatic rings. The third kappa shape index (κ3) is 4.26. The number of rotatable bonds is 4. The third-order valence-electron chi connectivity index (χ3n) is 2.99. The van der Waals surface area contributed by atoms with Crippen molar-refractivity contribution < 1.29 is 14.3 Å². The predicted molar refractivity (Wildman–Crippen MR) is 84.4 cm³/mol. The van der Waals surface area contributed by atoms with Crippen molar-refractivity contribution in [3.05, 3.63) is 33.4 Å². The molecule has 0 aliphatic carbocycles. The monoisotopic (exact) mass is 388 g/mol. The molecule has 1 fully saturated rings. The number of hydrogen-bond donors (Lipinski definition) is 1. The fourth-order valence-electron chi connectivity index (χ4n) is 1.89. The molecule has 0 radical (unpaired) electrons. The molecule has 6 heteroatoms. The summed E-state index contributed by atoms with van der Waals surface area (Å²) in [5.74, 6) is -1.05. The van der Waals surface area contributed by atoms with Crippen molar-refractivity contribution >= 4 is 34.2 Å². The molecule has 1 heterocycles. The summed E-state index contributed by atoms with van der Waals surface area (Å²) in [5.41, 5.74) is 4.27. The summed E-state index contributed by atoms with van der Waals surface area (Å²) in [6.45, 7) is 4.66. The Morgan fingerprint density at radius 2 is 1.95 bits per heavy atom. The van der Waals surface area contributed by atoms with Crippen molar-refractivity contribution in [1.82, 2.24) is 5.43 Å². The van der Waals surface area contributed by atoms with Gasteiger partial charge in [-0.25, -0.2) is 5.43 Å². The van der Waals surface area contributed by atoms with E-state index in [2.05, 4.69) is 33.1 Å². The molecule has 1 aliphatic heterocycles. The van der Waals surface area contributed by atoms with E-state index in [-0.39, 0.29) is 12.3 Å². The normalized spacial score (nSPS) is 18.1. The molecule has 2 rings (SSSR count). The third-order valence-corrected chi connectivity index (χ3v) is 3.71. The fourth-order valence-corrected chi connectivity index (χ4v) is 2.25. The molecule has 0 atom stereocenters. The molecule has 0 spiro atoms. The zero-order valence-electron chi connectivity index (χ0n) is 11.5. The van der Waals surface area contributed by atoms with Gasteiger partial charge < -0.3 is 9.47 Å². The molecule has 108 valence electrons. The van der Waals surface area contributed by atoms with E-state index in [9.17, 15) is 4.79 Å². The first-order valence-corrected chi connectivity index (χ1v) is 7.43. The zero-order valence-corrected chi connectivity index (χ0v) is 13.6. The number of benzene rings is 1. The quantitative estimate of drug-likeness (QED) is 0.489. The number of nitrogens with one attached hydrogen (secondary N) is 1. The Morgan fingerprint density at radius 3 is 2.55 bits per heavy atom. The summed E-state index contributed by atoms with van der Waals surface area (Å²) in [6, 6.07) is 7.94. The lowest BCUT2D eigenvalue weighted by Crippen LogP contribution is -2.33. The number of hydrazone groups is 1. The Morgan fingerprint density at radius 1 is 1.35 bits per heavy atom. The minimum Gasteiger partial charge on any atom is -0.347 e. The maximum absolute atomic E-state index is 11.8. The van der Waals surface area contributed by atoms with Gasteiger partial charge in [-0.2, -0.15) is 5.10 Å². The van der Waals surface area contributed by atoms with Crippen LogP contribution in [0.15, 0.2) is 29.4 Å². The summed E-state index contributed by atoms with van der Waals surface area (Å²) < 4.78 is 11.9. The number of amides is 1. The topological polar surface area (TPSA) is 59.9 Å². The average Bonchev–Trinajstić information content (AvgIpc) is 2.83. The highest BCUT2D eigenvalue weighted by atomic mass is 127. The van der Waals surface area contributed by atoms with Crippen LogP contribution in [0.25, 0.3) is 0 Å². The summed E-state index contributed by atoms with van der Waals surface area (Å²) in [6.07, 6.45) is 0.135. The smallest absolute Gasteiger partial charge is 0.245 e. The Hall–Kier alpha value is -0.990. The Balaban J connectivity index is 1.91. The Kier molecular flexibility index (Phi) is 5.11. The van der Waals surface area contributed by atoms with Crippen LogP contribution < -0.4 is 5.43 Å². The van der Waals surface area contributed by atoms with Crippen LogP contribution in [-0.4, -0.2) is 30.6 Å². The van der Waals surface area contributed by atoms with E-state index in [1.165, 1.54) is 0 Å². The second-order valence-electron chi connectivity index (χ2n) is 4.75. The van der Waals surface area contributed by atoms with Crippen molar-refractivity contribution in [3.63, 3.8) is 0 Å². The van der Waals surface area contributed by atoms with Gasteiger partial charge >= 0.3 is 0 Å². The summed E-state index contributed by atoms with van der Waals surface area (Å²) in [4.78, 5) is 11.8. The van der Waals surface area contributed by atoms with Gasteiger partial charge in [0.05, 0.1) is 25.3 Å². The van der Waals surface area contributed by atoms with Gasteiger partial charge in [0.15, 0.2) is 5.79 Å². The number of hydrogen-bond acceptors (Lipinski definition) is 4. The molecule has 1 saturated heterocycles. The lowest BCUT2D eigenvalue weighted by Gasteiger charge is -2.20. The second kappa shape index (κ2) is 6.64. The Labute approximate surface area is 131 Å². The highest BCUT2D eigenvalue weighted by molar-refractivity contribution is 14.1. The molecule has 0 unspecified atom stereocenters. The highest BCUT2D eigenvalue weighted by Gasteiger charge is 2.33. The van der Waals surface area contributed by atoms with E-state index in [1.54, 1.807) is 6.92 Å². The van der Waals surface area contributed by atoms with E-state index < -0.39 is 5.79 Å². The van der Waals surface area contributed by atoms with Gasteiger partial charge in [-0.05, 0) is 54.1 Å². The van der Waals surface area contributed by atoms with E-state index in [4.69, 9.17) is 9.47 Å². The molecule has 0 aromatic heterocycles. The second-order valence-corrected chi connectivity index (χ2v) is 5.99. The van der Waals surface area contributed by atoms with Crippen molar-refractivity contribution in [2.24, 2.45) is 5.10 Å². The molecule has 20 heavy (non-hydrogen) atoms. The summed E-state index contributed by atoms with van der Waals surface area (Å²) in [7, 11) is 0. The van der Waals surface area contributed by atoms with Gasteiger partial charge in [0.1, 0.15) is 0 Å².